The Morgan fingerprint density at radius 2 is 1.69 bits per heavy atom. The molecule has 2 heterocycles. The minimum Gasteiger partial charge on any atom is -0.377 e. The second kappa shape index (κ2) is 7.82. The van der Waals surface area contributed by atoms with Gasteiger partial charge < -0.3 is 10.4 Å². The smallest absolute Gasteiger partial charge is 0.377 e. The quantitative estimate of drug-likeness (QED) is 0.442. The van der Waals surface area contributed by atoms with Crippen molar-refractivity contribution in [1.29, 1.82) is 0 Å². The first-order valence-corrected chi connectivity index (χ1v) is 10.7. The van der Waals surface area contributed by atoms with Crippen molar-refractivity contribution < 1.29 is 35.8 Å². The summed E-state index contributed by atoms with van der Waals surface area (Å²) in [4.78, 5) is 7.67. The maximum Gasteiger partial charge on any atom is 0.405 e. The standard InChI is InChI=1S/C21H18F7N7O/c22-13-1-2-14(15(23)3-13)19(36,10-35-11-32-33-34-35)21(27,28)18-6-17(7-18,8-18)12-4-29-16(30-5-12)31-9-20(24,25)26/h1-5,11,36H,6-10H2,(H,29,30,31)/t17?,18?,19-/m0/s1. The molecule has 3 saturated carbocycles. The molecule has 0 aliphatic heterocycles. The number of benzene rings is 1. The Hall–Kier alpha value is -3.36. The van der Waals surface area contributed by atoms with Crippen molar-refractivity contribution in [2.45, 2.75) is 48.9 Å². The Kier molecular flexibility index (Phi) is 5.29. The van der Waals surface area contributed by atoms with Crippen molar-refractivity contribution in [3.05, 3.63) is 59.7 Å². The van der Waals surface area contributed by atoms with Crippen molar-refractivity contribution in [1.82, 2.24) is 30.2 Å². The van der Waals surface area contributed by atoms with Crippen LogP contribution in [0.2, 0.25) is 0 Å². The van der Waals surface area contributed by atoms with E-state index in [1.165, 1.54) is 12.4 Å². The molecule has 1 atom stereocenters. The van der Waals surface area contributed by atoms with Crippen LogP contribution in [0.3, 0.4) is 0 Å². The molecule has 36 heavy (non-hydrogen) atoms. The van der Waals surface area contributed by atoms with Gasteiger partial charge in [0.2, 0.25) is 5.95 Å². The number of anilines is 1. The monoisotopic (exact) mass is 517 g/mol. The predicted molar refractivity (Wildman–Crippen MR) is 108 cm³/mol. The first-order chi connectivity index (χ1) is 16.8. The molecular weight excluding hydrogens is 499 g/mol. The van der Waals surface area contributed by atoms with E-state index in [1.807, 2.05) is 5.32 Å². The summed E-state index contributed by atoms with van der Waals surface area (Å²) < 4.78 is 98.3. The Morgan fingerprint density at radius 3 is 2.25 bits per heavy atom. The third-order valence-corrected chi connectivity index (χ3v) is 7.09. The number of aliphatic hydroxyl groups is 1. The van der Waals surface area contributed by atoms with E-state index in [9.17, 15) is 27.1 Å². The number of alkyl halides is 5. The van der Waals surface area contributed by atoms with Crippen molar-refractivity contribution >= 4 is 5.95 Å². The van der Waals surface area contributed by atoms with Gasteiger partial charge in [-0.1, -0.05) is 0 Å². The summed E-state index contributed by atoms with van der Waals surface area (Å²) in [5.41, 5.74) is -5.91. The van der Waals surface area contributed by atoms with Crippen LogP contribution < -0.4 is 5.32 Å². The number of hydrogen-bond donors (Lipinski definition) is 2. The summed E-state index contributed by atoms with van der Waals surface area (Å²) in [6.45, 7) is -2.22. The highest BCUT2D eigenvalue weighted by molar-refractivity contribution is 5.42. The van der Waals surface area contributed by atoms with E-state index in [0.717, 1.165) is 23.1 Å². The Bertz CT molecular complexity index is 1250. The molecular formula is C21H18F7N7O. The van der Waals surface area contributed by atoms with E-state index in [4.69, 9.17) is 0 Å². The van der Waals surface area contributed by atoms with Gasteiger partial charge in [-0.2, -0.15) is 13.2 Å². The van der Waals surface area contributed by atoms with Crippen LogP contribution in [-0.4, -0.2) is 53.9 Å². The molecule has 8 nitrogen and oxygen atoms in total. The van der Waals surface area contributed by atoms with E-state index < -0.39 is 58.8 Å². The molecule has 0 saturated heterocycles. The normalized spacial score (nSPS) is 25.0. The van der Waals surface area contributed by atoms with Crippen LogP contribution in [0.4, 0.5) is 36.7 Å². The SMILES string of the molecule is O[C@@](Cn1cnnn1)(c1ccc(F)cc1F)C(F)(F)C12CC(c3cnc(NCC(F)(F)F)nc3)(C1)C2. The molecule has 192 valence electrons. The molecule has 0 unspecified atom stereocenters. The van der Waals surface area contributed by atoms with Gasteiger partial charge in [-0.05, 0) is 47.4 Å². The Balaban J connectivity index is 1.39. The lowest BCUT2D eigenvalue weighted by atomic mass is 9.31. The molecule has 2 aromatic heterocycles. The molecule has 0 spiro atoms. The van der Waals surface area contributed by atoms with E-state index in [0.29, 0.717) is 11.6 Å². The van der Waals surface area contributed by atoms with Crippen LogP contribution >= 0.6 is 0 Å². The van der Waals surface area contributed by atoms with Gasteiger partial charge in [-0.25, -0.2) is 32.2 Å². The van der Waals surface area contributed by atoms with Crippen molar-refractivity contribution in [2.24, 2.45) is 5.41 Å². The van der Waals surface area contributed by atoms with Crippen LogP contribution in [0, 0.1) is 17.0 Å². The zero-order valence-corrected chi connectivity index (χ0v) is 18.3. The van der Waals surface area contributed by atoms with Gasteiger partial charge in [0, 0.05) is 34.9 Å². The maximum absolute atomic E-state index is 16.1. The van der Waals surface area contributed by atoms with Crippen LogP contribution in [0.5, 0.6) is 0 Å². The molecule has 3 aliphatic carbocycles. The van der Waals surface area contributed by atoms with Gasteiger partial charge in [0.05, 0.1) is 6.54 Å². The lowest BCUT2D eigenvalue weighted by molar-refractivity contribution is -0.347. The lowest BCUT2D eigenvalue weighted by Gasteiger charge is -2.74. The zero-order chi connectivity index (χ0) is 26.0. The van der Waals surface area contributed by atoms with Crippen LogP contribution in [0.15, 0.2) is 36.9 Å². The Labute approximate surface area is 198 Å². The van der Waals surface area contributed by atoms with Crippen molar-refractivity contribution in [3.63, 3.8) is 0 Å². The molecule has 6 rings (SSSR count). The number of tetrazole rings is 1. The highest BCUT2D eigenvalue weighted by Crippen LogP contribution is 2.80. The highest BCUT2D eigenvalue weighted by atomic mass is 19.4. The number of halogens is 7. The largest absolute Gasteiger partial charge is 0.405 e. The highest BCUT2D eigenvalue weighted by Gasteiger charge is 2.82. The second-order valence-electron chi connectivity index (χ2n) is 9.42. The third kappa shape index (κ3) is 3.67. The maximum atomic E-state index is 16.1. The number of nitrogens with zero attached hydrogens (tertiary/aromatic N) is 6. The van der Waals surface area contributed by atoms with Gasteiger partial charge >= 0.3 is 6.18 Å². The molecule has 3 fully saturated rings. The molecule has 3 aliphatic rings. The molecule has 1 aromatic carbocycles. The number of aromatic nitrogens is 6. The van der Waals surface area contributed by atoms with Gasteiger partial charge in [-0.15, -0.1) is 5.10 Å². The topological polar surface area (TPSA) is 102 Å². The Morgan fingerprint density at radius 1 is 1.03 bits per heavy atom. The van der Waals surface area contributed by atoms with Crippen LogP contribution in [0.1, 0.15) is 30.4 Å². The van der Waals surface area contributed by atoms with Gasteiger partial charge in [0.25, 0.3) is 5.92 Å². The van der Waals surface area contributed by atoms with Crippen LogP contribution in [-0.2, 0) is 17.6 Å². The number of nitrogens with one attached hydrogen (secondary N) is 1. The fourth-order valence-corrected chi connectivity index (χ4v) is 5.40. The first kappa shape index (κ1) is 24.3. The fraction of sp³-hybridized carbons (Fsp3) is 0.476. The molecule has 0 amide bonds. The number of hydrogen-bond acceptors (Lipinski definition) is 7. The molecule has 15 heteroatoms. The van der Waals surface area contributed by atoms with Gasteiger partial charge in [0.1, 0.15) is 24.5 Å². The summed E-state index contributed by atoms with van der Waals surface area (Å²) in [5.74, 6) is -6.50. The summed E-state index contributed by atoms with van der Waals surface area (Å²) in [7, 11) is 0. The average Bonchev–Trinajstić information content (AvgIpc) is 3.23. The van der Waals surface area contributed by atoms with Gasteiger partial charge in [-0.3, -0.25) is 0 Å². The van der Waals surface area contributed by atoms with E-state index >= 15 is 8.78 Å². The van der Waals surface area contributed by atoms with Crippen molar-refractivity contribution in [2.75, 3.05) is 11.9 Å². The average molecular weight is 517 g/mol. The van der Waals surface area contributed by atoms with Crippen LogP contribution in [0.25, 0.3) is 0 Å². The summed E-state index contributed by atoms with van der Waals surface area (Å²) in [5, 5.41) is 23.6. The molecule has 2 bridgehead atoms. The first-order valence-electron chi connectivity index (χ1n) is 10.7. The summed E-state index contributed by atoms with van der Waals surface area (Å²) >= 11 is 0. The molecule has 3 aromatic rings. The summed E-state index contributed by atoms with van der Waals surface area (Å²) in [6.07, 6.45) is -1.24. The predicted octanol–water partition coefficient (Wildman–Crippen LogP) is 3.36. The molecule has 0 radical (unpaired) electrons. The summed E-state index contributed by atoms with van der Waals surface area (Å²) in [6, 6.07) is 1.95. The third-order valence-electron chi connectivity index (χ3n) is 7.09. The zero-order valence-electron chi connectivity index (χ0n) is 18.3. The molecule has 2 N–H and O–H groups in total. The fourth-order valence-electron chi connectivity index (χ4n) is 5.40. The minimum atomic E-state index is -4.46. The van der Waals surface area contributed by atoms with Gasteiger partial charge in [0.15, 0.2) is 5.60 Å². The van der Waals surface area contributed by atoms with E-state index in [-0.39, 0.29) is 25.2 Å². The van der Waals surface area contributed by atoms with E-state index in [2.05, 4.69) is 25.5 Å². The lowest BCUT2D eigenvalue weighted by Crippen LogP contribution is -2.76. The second-order valence-corrected chi connectivity index (χ2v) is 9.42. The number of rotatable bonds is 8. The van der Waals surface area contributed by atoms with Crippen molar-refractivity contribution in [3.8, 4) is 0 Å². The minimum absolute atomic E-state index is 0.105. The van der Waals surface area contributed by atoms with E-state index in [1.54, 1.807) is 0 Å².